The van der Waals surface area contributed by atoms with Gasteiger partial charge < -0.3 is 15.2 Å². The molecule has 0 aromatic carbocycles. The van der Waals surface area contributed by atoms with Crippen LogP contribution in [0, 0.1) is 45.3 Å². The van der Waals surface area contributed by atoms with Gasteiger partial charge in [-0.1, -0.05) is 48.5 Å². The maximum atomic E-state index is 13.7. The number of nitrogens with one attached hydrogen (secondary N) is 1. The third kappa shape index (κ3) is 3.90. The zero-order valence-electron chi connectivity index (χ0n) is 26.2. The summed E-state index contributed by atoms with van der Waals surface area (Å²) in [5.74, 6) is 2.19. The molecule has 1 amide bonds. The van der Waals surface area contributed by atoms with Crippen LogP contribution in [0.1, 0.15) is 121 Å². The van der Waals surface area contributed by atoms with E-state index in [4.69, 9.17) is 4.74 Å². The molecule has 5 aliphatic rings. The van der Waals surface area contributed by atoms with E-state index in [-0.39, 0.29) is 39.3 Å². The van der Waals surface area contributed by atoms with Gasteiger partial charge in [-0.15, -0.1) is 0 Å². The molecular formula is C34H53NO4. The van der Waals surface area contributed by atoms with E-state index in [1.54, 1.807) is 0 Å². The fourth-order valence-electron chi connectivity index (χ4n) is 10.8. The number of rotatable bonds is 2. The van der Waals surface area contributed by atoms with Crippen molar-refractivity contribution in [3.8, 4) is 0 Å². The van der Waals surface area contributed by atoms with Gasteiger partial charge in [0, 0.05) is 11.8 Å². The van der Waals surface area contributed by atoms with Gasteiger partial charge in [0.05, 0.1) is 11.3 Å². The van der Waals surface area contributed by atoms with Crippen molar-refractivity contribution in [2.24, 2.45) is 45.3 Å². The predicted octanol–water partition coefficient (Wildman–Crippen LogP) is 8.30. The number of allylic oxidation sites excluding steroid dienone is 3. The molecule has 5 heteroatoms. The molecule has 5 rings (SSSR count). The maximum absolute atomic E-state index is 13.7. The number of aliphatic hydroxyl groups is 1. The second-order valence-corrected chi connectivity index (χ2v) is 16.4. The van der Waals surface area contributed by atoms with E-state index >= 15 is 0 Å². The smallest absolute Gasteiger partial charge is 0.408 e. The van der Waals surface area contributed by atoms with Crippen molar-refractivity contribution >= 4 is 11.9 Å². The number of ketones is 1. The summed E-state index contributed by atoms with van der Waals surface area (Å²) >= 11 is 0. The lowest BCUT2D eigenvalue weighted by molar-refractivity contribution is -0.199. The van der Waals surface area contributed by atoms with E-state index in [1.807, 2.05) is 20.8 Å². The Morgan fingerprint density at radius 3 is 2.28 bits per heavy atom. The van der Waals surface area contributed by atoms with Crippen molar-refractivity contribution in [1.29, 1.82) is 0 Å². The molecule has 5 aliphatic carbocycles. The third-order valence-corrected chi connectivity index (χ3v) is 12.7. The standard InChI is InChI=1S/C34H53NO4/c1-20(2)26-22(36)19-34(35-28(38)39-29(3,4)5)18-17-32(9)21(27(26)34)11-12-24-31(8)15-14-25(37)30(6,7)23(31)13-16-33(24,32)10/h14,20-21,23-24,37H,11-13,15-19H2,1-10H3,(H,35,38)/t21-,23+,24-,31+,32-,33-,34-/m1/s1. The van der Waals surface area contributed by atoms with Gasteiger partial charge in [0.25, 0.3) is 0 Å². The molecule has 218 valence electrons. The fourth-order valence-corrected chi connectivity index (χ4v) is 10.8. The minimum absolute atomic E-state index is 0.0381. The van der Waals surface area contributed by atoms with Crippen LogP contribution < -0.4 is 5.32 Å². The Morgan fingerprint density at radius 2 is 1.67 bits per heavy atom. The summed E-state index contributed by atoms with van der Waals surface area (Å²) in [5, 5.41) is 14.1. The highest BCUT2D eigenvalue weighted by molar-refractivity contribution is 6.02. The van der Waals surface area contributed by atoms with Crippen LogP contribution in [0.3, 0.4) is 0 Å². The van der Waals surface area contributed by atoms with E-state index in [9.17, 15) is 14.7 Å². The number of alkyl carbamates (subject to hydrolysis) is 1. The highest BCUT2D eigenvalue weighted by Crippen LogP contribution is 2.75. The third-order valence-electron chi connectivity index (χ3n) is 12.7. The van der Waals surface area contributed by atoms with Crippen LogP contribution in [0.2, 0.25) is 0 Å². The normalized spacial score (nSPS) is 43.2. The van der Waals surface area contributed by atoms with Crippen molar-refractivity contribution in [3.05, 3.63) is 23.0 Å². The Bertz CT molecular complexity index is 1140. The summed E-state index contributed by atoms with van der Waals surface area (Å²) in [7, 11) is 0. The Morgan fingerprint density at radius 1 is 1.00 bits per heavy atom. The maximum Gasteiger partial charge on any atom is 0.408 e. The molecule has 0 heterocycles. The molecule has 0 aromatic rings. The predicted molar refractivity (Wildman–Crippen MR) is 155 cm³/mol. The molecule has 2 N–H and O–H groups in total. The molecule has 0 aliphatic heterocycles. The van der Waals surface area contributed by atoms with Crippen molar-refractivity contribution < 1.29 is 19.4 Å². The van der Waals surface area contributed by atoms with Crippen LogP contribution in [-0.4, -0.2) is 28.1 Å². The largest absolute Gasteiger partial charge is 0.512 e. The summed E-state index contributed by atoms with van der Waals surface area (Å²) in [6.45, 7) is 22.0. The van der Waals surface area contributed by atoms with Crippen molar-refractivity contribution in [2.45, 2.75) is 132 Å². The molecule has 3 fully saturated rings. The monoisotopic (exact) mass is 539 g/mol. The lowest BCUT2D eigenvalue weighted by Crippen LogP contribution is -2.66. The zero-order valence-corrected chi connectivity index (χ0v) is 26.2. The molecule has 0 bridgehead atoms. The van der Waals surface area contributed by atoms with Gasteiger partial charge in [-0.05, 0) is 123 Å². The lowest BCUT2D eigenvalue weighted by atomic mass is 9.34. The molecule has 7 atom stereocenters. The van der Waals surface area contributed by atoms with Gasteiger partial charge in [0.2, 0.25) is 0 Å². The molecule has 3 saturated carbocycles. The number of ether oxygens (including phenoxy) is 1. The van der Waals surface area contributed by atoms with Gasteiger partial charge in [-0.2, -0.15) is 0 Å². The number of aliphatic hydroxyl groups excluding tert-OH is 1. The second-order valence-electron chi connectivity index (χ2n) is 16.4. The molecule has 0 spiro atoms. The number of Topliss-reactive ketones (excluding diaryl/α,β-unsaturated/α-hetero) is 1. The molecule has 0 saturated heterocycles. The average Bonchev–Trinajstić information content (AvgIpc) is 3.07. The molecule has 0 unspecified atom stereocenters. The molecule has 0 aromatic heterocycles. The first-order chi connectivity index (χ1) is 17.8. The van der Waals surface area contributed by atoms with E-state index in [1.165, 1.54) is 5.57 Å². The average molecular weight is 540 g/mol. The minimum atomic E-state index is -0.630. The SMILES string of the molecule is CC(C)C1=C2[C@H]3CC[C@@H]4[C@@]5(C)CC=C(O)C(C)(C)[C@@H]5CC[C@@]4(C)[C@]3(C)CC[C@@]2(NC(=O)OC(C)(C)C)CC1=O. The van der Waals surface area contributed by atoms with Gasteiger partial charge in [0.1, 0.15) is 5.60 Å². The fraction of sp³-hybridized carbons (Fsp3) is 0.824. The van der Waals surface area contributed by atoms with Gasteiger partial charge in [-0.3, -0.25) is 4.79 Å². The molecule has 0 radical (unpaired) electrons. The van der Waals surface area contributed by atoms with Crippen LogP contribution >= 0.6 is 0 Å². The van der Waals surface area contributed by atoms with Gasteiger partial charge >= 0.3 is 6.09 Å². The Kier molecular flexibility index (Phi) is 6.35. The van der Waals surface area contributed by atoms with Crippen LogP contribution in [0.5, 0.6) is 0 Å². The van der Waals surface area contributed by atoms with E-state index in [2.05, 4.69) is 59.9 Å². The Hall–Kier alpha value is -1.78. The van der Waals surface area contributed by atoms with Crippen molar-refractivity contribution in [1.82, 2.24) is 5.32 Å². The first-order valence-electron chi connectivity index (χ1n) is 15.5. The quantitative estimate of drug-likeness (QED) is 0.370. The number of carbonyl (C=O) groups is 2. The number of hydrogen-bond acceptors (Lipinski definition) is 4. The first kappa shape index (κ1) is 28.7. The molecule has 5 nitrogen and oxygen atoms in total. The van der Waals surface area contributed by atoms with Crippen LogP contribution in [0.25, 0.3) is 0 Å². The van der Waals surface area contributed by atoms with Crippen molar-refractivity contribution in [3.63, 3.8) is 0 Å². The van der Waals surface area contributed by atoms with E-state index < -0.39 is 17.2 Å². The van der Waals surface area contributed by atoms with Gasteiger partial charge in [0.15, 0.2) is 5.78 Å². The second kappa shape index (κ2) is 8.61. The highest BCUT2D eigenvalue weighted by Gasteiger charge is 2.69. The zero-order chi connectivity index (χ0) is 29.0. The Balaban J connectivity index is 1.57. The highest BCUT2D eigenvalue weighted by atomic mass is 16.6. The topological polar surface area (TPSA) is 75.6 Å². The van der Waals surface area contributed by atoms with Crippen LogP contribution in [0.15, 0.2) is 23.0 Å². The summed E-state index contributed by atoms with van der Waals surface area (Å²) in [6.07, 6.45) is 9.22. The van der Waals surface area contributed by atoms with E-state index in [0.717, 1.165) is 50.5 Å². The minimum Gasteiger partial charge on any atom is -0.512 e. The van der Waals surface area contributed by atoms with Crippen LogP contribution in [-0.2, 0) is 9.53 Å². The number of fused-ring (bicyclic) bond motifs is 7. The lowest BCUT2D eigenvalue weighted by Gasteiger charge is -2.71. The summed E-state index contributed by atoms with van der Waals surface area (Å²) in [4.78, 5) is 26.8. The number of carbonyl (C=O) groups excluding carboxylic acids is 2. The number of hydrogen-bond donors (Lipinski definition) is 2. The molecule has 39 heavy (non-hydrogen) atoms. The summed E-state index contributed by atoms with van der Waals surface area (Å²) < 4.78 is 5.73. The molecular weight excluding hydrogens is 486 g/mol. The summed E-state index contributed by atoms with van der Waals surface area (Å²) in [6, 6.07) is 0. The summed E-state index contributed by atoms with van der Waals surface area (Å²) in [5.41, 5.74) is 1.08. The number of amides is 1. The Labute approximate surface area is 236 Å². The van der Waals surface area contributed by atoms with Crippen LogP contribution in [0.4, 0.5) is 4.79 Å². The van der Waals surface area contributed by atoms with Gasteiger partial charge in [-0.25, -0.2) is 4.79 Å². The van der Waals surface area contributed by atoms with E-state index in [0.29, 0.717) is 24.0 Å². The van der Waals surface area contributed by atoms with Crippen molar-refractivity contribution in [2.75, 3.05) is 0 Å². The first-order valence-corrected chi connectivity index (χ1v) is 15.5.